The van der Waals surface area contributed by atoms with Gasteiger partial charge in [0.15, 0.2) is 0 Å². The van der Waals surface area contributed by atoms with Gasteiger partial charge >= 0.3 is 0 Å². The van der Waals surface area contributed by atoms with Gasteiger partial charge in [-0.2, -0.15) is 10.4 Å². The van der Waals surface area contributed by atoms with Crippen LogP contribution in [0, 0.1) is 17.2 Å². The van der Waals surface area contributed by atoms with E-state index < -0.39 is 17.4 Å². The summed E-state index contributed by atoms with van der Waals surface area (Å²) in [6.07, 6.45) is 2.58. The maximum absolute atomic E-state index is 14.0. The van der Waals surface area contributed by atoms with Gasteiger partial charge in [0, 0.05) is 31.0 Å². The van der Waals surface area contributed by atoms with Crippen molar-refractivity contribution in [1.82, 2.24) is 14.1 Å². The summed E-state index contributed by atoms with van der Waals surface area (Å²) in [5.41, 5.74) is 0.457. The first kappa shape index (κ1) is 24.0. The molecule has 0 spiro atoms. The molecule has 1 N–H and O–H groups in total. The number of aromatic nitrogens is 2. The Kier molecular flexibility index (Phi) is 7.54. The van der Waals surface area contributed by atoms with Crippen LogP contribution in [-0.2, 0) is 4.74 Å². The molecule has 7 nitrogen and oxygen atoms in total. The average Bonchev–Trinajstić information content (AvgIpc) is 2.82. The third-order valence-corrected chi connectivity index (χ3v) is 7.44. The Morgan fingerprint density at radius 1 is 1.30 bits per heavy atom. The second-order valence-electron chi connectivity index (χ2n) is 8.17. The Hall–Kier alpha value is -2.19. The van der Waals surface area contributed by atoms with Crippen LogP contribution in [0.4, 0.5) is 14.5 Å². The van der Waals surface area contributed by atoms with Crippen LogP contribution in [0.15, 0.2) is 40.2 Å². The van der Waals surface area contributed by atoms with Crippen molar-refractivity contribution in [2.75, 3.05) is 38.2 Å². The van der Waals surface area contributed by atoms with Gasteiger partial charge < -0.3 is 10.1 Å². The van der Waals surface area contributed by atoms with Crippen molar-refractivity contribution in [3.63, 3.8) is 0 Å². The van der Waals surface area contributed by atoms with Gasteiger partial charge in [-0.15, -0.1) is 0 Å². The highest BCUT2D eigenvalue weighted by Gasteiger charge is 2.42. The number of alkyl halides is 2. The van der Waals surface area contributed by atoms with Crippen molar-refractivity contribution in [2.24, 2.45) is 5.92 Å². The predicted octanol–water partition coefficient (Wildman–Crippen LogP) is 4.20. The summed E-state index contributed by atoms with van der Waals surface area (Å²) in [6.45, 7) is 1.48. The van der Waals surface area contributed by atoms with Gasteiger partial charge in [-0.05, 0) is 49.1 Å². The fourth-order valence-electron chi connectivity index (χ4n) is 3.95. The topological polar surface area (TPSA) is 83.2 Å². The van der Waals surface area contributed by atoms with Gasteiger partial charge in [-0.3, -0.25) is 4.79 Å². The smallest absolute Gasteiger partial charge is 0.287 e. The zero-order chi connectivity index (χ0) is 23.4. The molecule has 176 valence electrons. The highest BCUT2D eigenvalue weighted by Crippen LogP contribution is 2.33. The van der Waals surface area contributed by atoms with Crippen molar-refractivity contribution in [3.8, 4) is 6.07 Å². The van der Waals surface area contributed by atoms with Gasteiger partial charge in [-0.25, -0.2) is 17.8 Å². The van der Waals surface area contributed by atoms with Gasteiger partial charge in [0.1, 0.15) is 5.02 Å². The third-order valence-electron chi connectivity index (χ3n) is 5.97. The molecule has 0 amide bonds. The molecule has 3 heterocycles. The molecule has 2 aromatic rings. The molecular formula is C22H24ClF2N5O2S. The summed E-state index contributed by atoms with van der Waals surface area (Å²) < 4.78 is 36.8. The normalized spacial score (nSPS) is 21.5. The van der Waals surface area contributed by atoms with E-state index in [0.717, 1.165) is 30.8 Å². The molecular weight excluding hydrogens is 472 g/mol. The molecule has 0 radical (unpaired) electrons. The van der Waals surface area contributed by atoms with Gasteiger partial charge in [-0.1, -0.05) is 11.6 Å². The van der Waals surface area contributed by atoms with Crippen molar-refractivity contribution >= 4 is 29.2 Å². The monoisotopic (exact) mass is 495 g/mol. The van der Waals surface area contributed by atoms with E-state index in [2.05, 4.69) is 20.8 Å². The summed E-state index contributed by atoms with van der Waals surface area (Å²) in [4.78, 5) is 13.9. The number of piperidine rings is 1. The highest BCUT2D eigenvalue weighted by molar-refractivity contribution is 7.97. The molecule has 1 unspecified atom stereocenters. The number of rotatable bonds is 6. The van der Waals surface area contributed by atoms with Crippen molar-refractivity contribution in [1.29, 1.82) is 5.26 Å². The number of ether oxygens (including phenoxy) is 1. The molecule has 1 aromatic heterocycles. The third kappa shape index (κ3) is 5.66. The largest absolute Gasteiger partial charge is 0.382 e. The Morgan fingerprint density at radius 3 is 2.70 bits per heavy atom. The molecule has 1 aromatic carbocycles. The lowest BCUT2D eigenvalue weighted by Crippen LogP contribution is -2.42. The Bertz CT molecular complexity index is 1070. The first-order chi connectivity index (χ1) is 15.9. The van der Waals surface area contributed by atoms with E-state index in [-0.39, 0.29) is 42.9 Å². The number of nitriles is 1. The van der Waals surface area contributed by atoms with Crippen LogP contribution in [0.3, 0.4) is 0 Å². The summed E-state index contributed by atoms with van der Waals surface area (Å²) in [5, 5.41) is 16.0. The second-order valence-corrected chi connectivity index (χ2v) is 9.72. The fraction of sp³-hybridized carbons (Fsp3) is 0.500. The second kappa shape index (κ2) is 10.4. The van der Waals surface area contributed by atoms with Gasteiger partial charge in [0.2, 0.25) is 0 Å². The number of hydrogen-bond acceptors (Lipinski definition) is 7. The van der Waals surface area contributed by atoms with Crippen molar-refractivity contribution in [2.45, 2.75) is 36.1 Å². The fourth-order valence-corrected chi connectivity index (χ4v) is 5.10. The molecule has 33 heavy (non-hydrogen) atoms. The molecule has 2 aliphatic rings. The number of nitrogens with zero attached hydrogens (tertiary/aromatic N) is 4. The van der Waals surface area contributed by atoms with Crippen LogP contribution in [0.1, 0.15) is 30.9 Å². The SMILES string of the molecule is N#Cc1ccc(SN2CCC(n3ncc(NCC4COCCC4(F)F)c(Cl)c3=O)CC2)cc1. The van der Waals surface area contributed by atoms with Crippen molar-refractivity contribution in [3.05, 3.63) is 51.4 Å². The first-order valence-corrected chi connectivity index (χ1v) is 11.9. The lowest BCUT2D eigenvalue weighted by Gasteiger charge is -2.32. The summed E-state index contributed by atoms with van der Waals surface area (Å²) in [6, 6.07) is 9.44. The highest BCUT2D eigenvalue weighted by atomic mass is 35.5. The molecule has 0 bridgehead atoms. The number of halogens is 3. The van der Waals surface area contributed by atoms with E-state index >= 15 is 0 Å². The minimum atomic E-state index is -2.82. The van der Waals surface area contributed by atoms with Gasteiger partial charge in [0.05, 0.1) is 48.7 Å². The van der Waals surface area contributed by atoms with E-state index in [9.17, 15) is 13.6 Å². The summed E-state index contributed by atoms with van der Waals surface area (Å²) in [7, 11) is 0. The maximum atomic E-state index is 14.0. The quantitative estimate of drug-likeness (QED) is 0.601. The zero-order valence-corrected chi connectivity index (χ0v) is 19.4. The molecule has 2 saturated heterocycles. The predicted molar refractivity (Wildman–Crippen MR) is 123 cm³/mol. The first-order valence-electron chi connectivity index (χ1n) is 10.8. The van der Waals surface area contributed by atoms with E-state index in [0.29, 0.717) is 5.56 Å². The lowest BCUT2D eigenvalue weighted by molar-refractivity contribution is -0.136. The van der Waals surface area contributed by atoms with E-state index in [1.165, 1.54) is 10.9 Å². The lowest BCUT2D eigenvalue weighted by atomic mass is 9.97. The van der Waals surface area contributed by atoms with Crippen LogP contribution in [0.25, 0.3) is 0 Å². The number of hydrogen-bond donors (Lipinski definition) is 1. The van der Waals surface area contributed by atoms with Crippen LogP contribution in [-0.4, -0.2) is 52.9 Å². The number of nitrogens with one attached hydrogen (secondary N) is 1. The Balaban J connectivity index is 1.34. The zero-order valence-electron chi connectivity index (χ0n) is 17.8. The van der Waals surface area contributed by atoms with E-state index in [1.54, 1.807) is 24.1 Å². The van der Waals surface area contributed by atoms with Crippen LogP contribution >= 0.6 is 23.5 Å². The maximum Gasteiger partial charge on any atom is 0.287 e. The molecule has 0 saturated carbocycles. The van der Waals surface area contributed by atoms with Crippen molar-refractivity contribution < 1.29 is 13.5 Å². The molecule has 2 fully saturated rings. The Labute approximate surface area is 199 Å². The molecule has 2 aliphatic heterocycles. The van der Waals surface area contributed by atoms with Crippen LogP contribution < -0.4 is 10.9 Å². The Morgan fingerprint density at radius 2 is 2.03 bits per heavy atom. The van der Waals surface area contributed by atoms with Crippen LogP contribution in [0.2, 0.25) is 5.02 Å². The van der Waals surface area contributed by atoms with Gasteiger partial charge in [0.25, 0.3) is 11.5 Å². The van der Waals surface area contributed by atoms with Crippen LogP contribution in [0.5, 0.6) is 0 Å². The minimum Gasteiger partial charge on any atom is -0.382 e. The summed E-state index contributed by atoms with van der Waals surface area (Å²) >= 11 is 7.89. The standard InChI is InChI=1S/C22H24ClF2N5O2S/c23-20-19(27-12-16-14-32-10-7-22(16,24)25)13-28-30(21(20)31)17-5-8-29(9-6-17)33-18-3-1-15(11-26)2-4-18/h1-4,13,16-17,27H,5-10,12,14H2. The molecule has 1 atom stereocenters. The number of anilines is 1. The number of benzene rings is 1. The summed E-state index contributed by atoms with van der Waals surface area (Å²) in [5.74, 6) is -3.80. The molecule has 0 aliphatic carbocycles. The molecule has 4 rings (SSSR count). The molecule has 11 heteroatoms. The average molecular weight is 496 g/mol. The minimum absolute atomic E-state index is 0.0405. The van der Waals surface area contributed by atoms with E-state index in [1.807, 2.05) is 12.1 Å². The van der Waals surface area contributed by atoms with E-state index in [4.69, 9.17) is 21.6 Å².